The second kappa shape index (κ2) is 6.54. The molecule has 3 aromatic rings. The summed E-state index contributed by atoms with van der Waals surface area (Å²) in [6.45, 7) is 2.30. The molecule has 2 aromatic carbocycles. The SMILES string of the molecule is COc1ccc2ccccc2c1CNc1ncc([N+](=O)[O-])cc1C. The predicted octanol–water partition coefficient (Wildman–Crippen LogP) is 4.07. The van der Waals surface area contributed by atoms with Gasteiger partial charge in [-0.3, -0.25) is 10.1 Å². The maximum Gasteiger partial charge on any atom is 0.287 e. The monoisotopic (exact) mass is 323 g/mol. The summed E-state index contributed by atoms with van der Waals surface area (Å²) in [4.78, 5) is 14.5. The number of nitrogens with one attached hydrogen (secondary N) is 1. The van der Waals surface area contributed by atoms with Crippen LogP contribution in [-0.4, -0.2) is 17.0 Å². The summed E-state index contributed by atoms with van der Waals surface area (Å²) >= 11 is 0. The summed E-state index contributed by atoms with van der Waals surface area (Å²) in [6.07, 6.45) is 1.26. The third-order valence-electron chi connectivity index (χ3n) is 3.92. The van der Waals surface area contributed by atoms with E-state index < -0.39 is 4.92 Å². The van der Waals surface area contributed by atoms with E-state index in [1.54, 1.807) is 14.0 Å². The van der Waals surface area contributed by atoms with E-state index in [1.807, 2.05) is 36.4 Å². The maximum absolute atomic E-state index is 10.8. The van der Waals surface area contributed by atoms with Gasteiger partial charge in [0.2, 0.25) is 0 Å². The van der Waals surface area contributed by atoms with Crippen LogP contribution in [0.1, 0.15) is 11.1 Å². The molecule has 0 aliphatic heterocycles. The first-order valence-electron chi connectivity index (χ1n) is 7.49. The van der Waals surface area contributed by atoms with Crippen LogP contribution < -0.4 is 10.1 Å². The van der Waals surface area contributed by atoms with Crippen molar-refractivity contribution in [3.05, 3.63) is 69.9 Å². The Morgan fingerprint density at radius 3 is 2.75 bits per heavy atom. The fourth-order valence-corrected chi connectivity index (χ4v) is 2.71. The van der Waals surface area contributed by atoms with Crippen molar-refractivity contribution in [1.82, 2.24) is 4.98 Å². The minimum Gasteiger partial charge on any atom is -0.496 e. The van der Waals surface area contributed by atoms with Crippen LogP contribution in [0.5, 0.6) is 5.75 Å². The average Bonchev–Trinajstić information content (AvgIpc) is 2.60. The lowest BCUT2D eigenvalue weighted by atomic mass is 10.0. The molecule has 6 heteroatoms. The number of aryl methyl sites for hydroxylation is 1. The minimum absolute atomic E-state index is 0.0132. The van der Waals surface area contributed by atoms with Gasteiger partial charge in [-0.1, -0.05) is 30.3 Å². The molecule has 6 nitrogen and oxygen atoms in total. The highest BCUT2D eigenvalue weighted by Crippen LogP contribution is 2.29. The molecule has 0 amide bonds. The lowest BCUT2D eigenvalue weighted by Gasteiger charge is -2.14. The van der Waals surface area contributed by atoms with Crippen molar-refractivity contribution < 1.29 is 9.66 Å². The van der Waals surface area contributed by atoms with Gasteiger partial charge in [-0.05, 0) is 29.3 Å². The summed E-state index contributed by atoms with van der Waals surface area (Å²) in [5.74, 6) is 1.41. The quantitative estimate of drug-likeness (QED) is 0.565. The fourth-order valence-electron chi connectivity index (χ4n) is 2.71. The number of hydrogen-bond acceptors (Lipinski definition) is 5. The van der Waals surface area contributed by atoms with E-state index in [2.05, 4.69) is 10.3 Å². The maximum atomic E-state index is 10.8. The van der Waals surface area contributed by atoms with Crippen molar-refractivity contribution in [3.8, 4) is 5.75 Å². The number of nitrogens with zero attached hydrogens (tertiary/aromatic N) is 2. The van der Waals surface area contributed by atoms with E-state index in [9.17, 15) is 10.1 Å². The Balaban J connectivity index is 1.92. The second-order valence-electron chi connectivity index (χ2n) is 5.44. The van der Waals surface area contributed by atoms with E-state index in [1.165, 1.54) is 12.3 Å². The number of pyridine rings is 1. The first-order chi connectivity index (χ1) is 11.6. The Kier molecular flexibility index (Phi) is 4.29. The van der Waals surface area contributed by atoms with Gasteiger partial charge in [-0.15, -0.1) is 0 Å². The largest absolute Gasteiger partial charge is 0.496 e. The third kappa shape index (κ3) is 2.99. The second-order valence-corrected chi connectivity index (χ2v) is 5.44. The summed E-state index contributed by atoms with van der Waals surface area (Å²) in [6, 6.07) is 13.5. The van der Waals surface area contributed by atoms with Crippen LogP contribution in [0.4, 0.5) is 11.5 Å². The number of nitro groups is 1. The molecule has 0 radical (unpaired) electrons. The van der Waals surface area contributed by atoms with Crippen LogP contribution in [0.3, 0.4) is 0 Å². The number of anilines is 1. The number of ether oxygens (including phenoxy) is 1. The van der Waals surface area contributed by atoms with Gasteiger partial charge in [0.25, 0.3) is 5.69 Å². The lowest BCUT2D eigenvalue weighted by molar-refractivity contribution is -0.385. The minimum atomic E-state index is -0.447. The molecule has 0 bridgehead atoms. The molecule has 0 atom stereocenters. The van der Waals surface area contributed by atoms with E-state index in [0.29, 0.717) is 12.4 Å². The molecule has 0 spiro atoms. The molecule has 0 fully saturated rings. The summed E-state index contributed by atoms with van der Waals surface area (Å²) < 4.78 is 5.47. The van der Waals surface area contributed by atoms with Crippen molar-refractivity contribution in [1.29, 1.82) is 0 Å². The Morgan fingerprint density at radius 1 is 1.25 bits per heavy atom. The number of aromatic nitrogens is 1. The topological polar surface area (TPSA) is 77.3 Å². The number of fused-ring (bicyclic) bond motifs is 1. The molecule has 0 aliphatic rings. The molecule has 1 N–H and O–H groups in total. The van der Waals surface area contributed by atoms with Crippen LogP contribution in [0.25, 0.3) is 10.8 Å². The molecule has 0 aliphatic carbocycles. The van der Waals surface area contributed by atoms with Gasteiger partial charge in [0.15, 0.2) is 0 Å². The highest BCUT2D eigenvalue weighted by molar-refractivity contribution is 5.88. The first kappa shape index (κ1) is 15.7. The molecule has 0 saturated heterocycles. The summed E-state index contributed by atoms with van der Waals surface area (Å²) in [7, 11) is 1.64. The molecule has 0 unspecified atom stereocenters. The molecule has 122 valence electrons. The number of hydrogen-bond donors (Lipinski definition) is 1. The van der Waals surface area contributed by atoms with Crippen molar-refractivity contribution in [2.75, 3.05) is 12.4 Å². The molecule has 1 heterocycles. The summed E-state index contributed by atoms with van der Waals surface area (Å²) in [5.41, 5.74) is 1.74. The molecule has 1 aromatic heterocycles. The highest BCUT2D eigenvalue weighted by atomic mass is 16.6. The van der Waals surface area contributed by atoms with Gasteiger partial charge in [0.05, 0.1) is 12.0 Å². The Labute approximate surface area is 139 Å². The van der Waals surface area contributed by atoms with Crippen LogP contribution in [0.2, 0.25) is 0 Å². The third-order valence-corrected chi connectivity index (χ3v) is 3.92. The normalized spacial score (nSPS) is 10.6. The van der Waals surface area contributed by atoms with E-state index in [0.717, 1.165) is 27.6 Å². The van der Waals surface area contributed by atoms with Crippen LogP contribution in [-0.2, 0) is 6.54 Å². The van der Waals surface area contributed by atoms with Gasteiger partial charge in [-0.25, -0.2) is 4.98 Å². The van der Waals surface area contributed by atoms with E-state index in [-0.39, 0.29) is 5.69 Å². The van der Waals surface area contributed by atoms with Gasteiger partial charge < -0.3 is 10.1 Å². The number of methoxy groups -OCH3 is 1. The lowest BCUT2D eigenvalue weighted by Crippen LogP contribution is -2.06. The van der Waals surface area contributed by atoms with Crippen LogP contribution >= 0.6 is 0 Å². The van der Waals surface area contributed by atoms with E-state index >= 15 is 0 Å². The first-order valence-corrected chi connectivity index (χ1v) is 7.49. The molecule has 24 heavy (non-hydrogen) atoms. The Morgan fingerprint density at radius 2 is 2.04 bits per heavy atom. The zero-order valence-corrected chi connectivity index (χ0v) is 13.4. The van der Waals surface area contributed by atoms with Gasteiger partial charge in [0, 0.05) is 18.2 Å². The molecular formula is C18H17N3O3. The van der Waals surface area contributed by atoms with Crippen LogP contribution in [0, 0.1) is 17.0 Å². The zero-order chi connectivity index (χ0) is 17.1. The molecular weight excluding hydrogens is 306 g/mol. The van der Waals surface area contributed by atoms with Crippen LogP contribution in [0.15, 0.2) is 48.7 Å². The predicted molar refractivity (Wildman–Crippen MR) is 93.5 cm³/mol. The van der Waals surface area contributed by atoms with Crippen molar-refractivity contribution in [2.24, 2.45) is 0 Å². The van der Waals surface area contributed by atoms with Gasteiger partial charge in [0.1, 0.15) is 17.8 Å². The zero-order valence-electron chi connectivity index (χ0n) is 13.4. The number of benzene rings is 2. The van der Waals surface area contributed by atoms with Crippen molar-refractivity contribution in [2.45, 2.75) is 13.5 Å². The van der Waals surface area contributed by atoms with E-state index in [4.69, 9.17) is 4.74 Å². The standard InChI is InChI=1S/C18H17N3O3/c1-12-9-14(21(22)23)10-19-18(12)20-11-16-15-6-4-3-5-13(15)7-8-17(16)24-2/h3-10H,11H2,1-2H3,(H,19,20). The molecule has 3 rings (SSSR count). The highest BCUT2D eigenvalue weighted by Gasteiger charge is 2.12. The Hall–Kier alpha value is -3.15. The smallest absolute Gasteiger partial charge is 0.287 e. The molecule has 0 saturated carbocycles. The van der Waals surface area contributed by atoms with Crippen molar-refractivity contribution >= 4 is 22.3 Å². The summed E-state index contributed by atoms with van der Waals surface area (Å²) in [5, 5.41) is 16.3. The van der Waals surface area contributed by atoms with Gasteiger partial charge >= 0.3 is 0 Å². The fraction of sp³-hybridized carbons (Fsp3) is 0.167. The van der Waals surface area contributed by atoms with Gasteiger partial charge in [-0.2, -0.15) is 0 Å². The Bertz CT molecular complexity index is 909. The number of rotatable bonds is 5. The van der Waals surface area contributed by atoms with Crippen molar-refractivity contribution in [3.63, 3.8) is 0 Å². The average molecular weight is 323 g/mol.